The largest absolute Gasteiger partial charge is 0.489 e. The number of aromatic nitrogens is 1. The molecular weight excluding hydrogens is 415 g/mol. The van der Waals surface area contributed by atoms with Crippen LogP contribution >= 0.6 is 0 Å². The Bertz CT molecular complexity index is 894. The number of hydrogen-bond acceptors (Lipinski definition) is 5. The van der Waals surface area contributed by atoms with Crippen LogP contribution in [-0.4, -0.2) is 77.1 Å². The van der Waals surface area contributed by atoms with Crippen LogP contribution in [-0.2, 0) is 26.9 Å². The van der Waals surface area contributed by atoms with Crippen molar-refractivity contribution in [3.8, 4) is 0 Å². The molecule has 0 bridgehead atoms. The lowest BCUT2D eigenvalue weighted by Gasteiger charge is -2.44. The summed E-state index contributed by atoms with van der Waals surface area (Å²) >= 11 is 0. The fourth-order valence-electron chi connectivity index (χ4n) is 4.57. The molecule has 2 atom stereocenters. The maximum atomic E-state index is 13.0. The van der Waals surface area contributed by atoms with E-state index in [1.807, 2.05) is 7.05 Å². The third kappa shape index (κ3) is 4.45. The van der Waals surface area contributed by atoms with E-state index in [9.17, 15) is 22.8 Å². The van der Waals surface area contributed by atoms with Crippen molar-refractivity contribution in [1.82, 2.24) is 9.88 Å². The lowest BCUT2D eigenvalue weighted by atomic mass is 9.94. The van der Waals surface area contributed by atoms with E-state index in [0.717, 1.165) is 6.07 Å². The van der Waals surface area contributed by atoms with Crippen molar-refractivity contribution in [2.75, 3.05) is 33.9 Å². The van der Waals surface area contributed by atoms with E-state index in [1.54, 1.807) is 11.1 Å². The predicted octanol–water partition coefficient (Wildman–Crippen LogP) is 1.82. The number of quaternary nitrogens is 1. The molecule has 2 aliphatic heterocycles. The SMILES string of the molecule is COC1=C[N+](C)(C2CCN(C(=O)CO)CC2)C(Cc2ccc(C(F)(F)F)nc2C)C1=O. The van der Waals surface area contributed by atoms with Crippen molar-refractivity contribution in [3.05, 3.63) is 41.0 Å². The van der Waals surface area contributed by atoms with Crippen LogP contribution in [0.4, 0.5) is 13.2 Å². The van der Waals surface area contributed by atoms with Gasteiger partial charge in [-0.15, -0.1) is 0 Å². The zero-order chi connectivity index (χ0) is 23.0. The Hall–Kier alpha value is -2.46. The first-order valence-electron chi connectivity index (χ1n) is 10.1. The summed E-state index contributed by atoms with van der Waals surface area (Å²) in [6.07, 6.45) is -1.27. The topological polar surface area (TPSA) is 79.7 Å². The maximum Gasteiger partial charge on any atom is 0.433 e. The van der Waals surface area contributed by atoms with Gasteiger partial charge >= 0.3 is 6.18 Å². The number of Topliss-reactive ketones (excluding diaryl/α,β-unsaturated/α-hetero) is 1. The number of pyridine rings is 1. The molecule has 2 aliphatic rings. The van der Waals surface area contributed by atoms with Crippen LogP contribution in [0.2, 0.25) is 0 Å². The van der Waals surface area contributed by atoms with Crippen LogP contribution in [0.15, 0.2) is 24.1 Å². The normalized spacial score (nSPS) is 25.0. The lowest BCUT2D eigenvalue weighted by Crippen LogP contribution is -2.59. The van der Waals surface area contributed by atoms with E-state index in [0.29, 0.717) is 31.5 Å². The highest BCUT2D eigenvalue weighted by Gasteiger charge is 2.51. The van der Waals surface area contributed by atoms with Crippen LogP contribution in [0.1, 0.15) is 29.8 Å². The number of ether oxygens (including phenoxy) is 1. The van der Waals surface area contributed by atoms with E-state index < -0.39 is 24.5 Å². The summed E-state index contributed by atoms with van der Waals surface area (Å²) in [4.78, 5) is 30.1. The molecule has 1 N–H and O–H groups in total. The van der Waals surface area contributed by atoms with Gasteiger partial charge in [-0.1, -0.05) is 6.07 Å². The molecule has 10 heteroatoms. The van der Waals surface area contributed by atoms with Gasteiger partial charge in [0, 0.05) is 38.0 Å². The van der Waals surface area contributed by atoms with Crippen molar-refractivity contribution in [1.29, 1.82) is 0 Å². The number of nitrogens with zero attached hydrogens (tertiary/aromatic N) is 3. The number of alkyl halides is 3. The number of likely N-dealkylation sites (tertiary alicyclic amines) is 1. The summed E-state index contributed by atoms with van der Waals surface area (Å²) in [5, 5.41) is 9.08. The van der Waals surface area contributed by atoms with Gasteiger partial charge in [0.05, 0.1) is 20.2 Å². The van der Waals surface area contributed by atoms with Crippen LogP contribution in [0.3, 0.4) is 0 Å². The molecule has 1 aromatic rings. The summed E-state index contributed by atoms with van der Waals surface area (Å²) in [7, 11) is 3.33. The maximum absolute atomic E-state index is 13.0. The minimum atomic E-state index is -4.53. The number of carbonyl (C=O) groups excluding carboxylic acids is 2. The summed E-state index contributed by atoms with van der Waals surface area (Å²) in [5.74, 6) is -0.285. The molecule has 0 radical (unpaired) electrons. The molecule has 170 valence electrons. The molecule has 31 heavy (non-hydrogen) atoms. The Morgan fingerprint density at radius 3 is 2.48 bits per heavy atom. The smallest absolute Gasteiger partial charge is 0.433 e. The Balaban J connectivity index is 1.85. The summed E-state index contributed by atoms with van der Waals surface area (Å²) in [5.41, 5.74) is -0.141. The molecule has 2 unspecified atom stereocenters. The molecule has 0 saturated carbocycles. The van der Waals surface area contributed by atoms with Crippen molar-refractivity contribution in [2.24, 2.45) is 0 Å². The quantitative estimate of drug-likeness (QED) is 0.704. The second-order valence-electron chi connectivity index (χ2n) is 8.21. The van der Waals surface area contributed by atoms with Crippen molar-refractivity contribution in [2.45, 2.75) is 44.4 Å². The molecule has 3 heterocycles. The molecule has 0 aliphatic carbocycles. The number of methoxy groups -OCH3 is 1. The van der Waals surface area contributed by atoms with Crippen LogP contribution < -0.4 is 0 Å². The minimum absolute atomic E-state index is 0.0204. The average Bonchev–Trinajstić information content (AvgIpc) is 2.99. The van der Waals surface area contributed by atoms with Gasteiger partial charge in [0.15, 0.2) is 6.04 Å². The van der Waals surface area contributed by atoms with Crippen LogP contribution in [0.25, 0.3) is 0 Å². The first kappa shape index (κ1) is 23.2. The van der Waals surface area contributed by atoms with Gasteiger partial charge in [-0.25, -0.2) is 4.98 Å². The van der Waals surface area contributed by atoms with Crippen LogP contribution in [0, 0.1) is 6.92 Å². The van der Waals surface area contributed by atoms with E-state index in [1.165, 1.54) is 20.1 Å². The zero-order valence-corrected chi connectivity index (χ0v) is 17.8. The molecule has 1 amide bonds. The van der Waals surface area contributed by atoms with Crippen molar-refractivity contribution in [3.63, 3.8) is 0 Å². The monoisotopic (exact) mass is 442 g/mol. The fourth-order valence-corrected chi connectivity index (χ4v) is 4.57. The Labute approximate surface area is 178 Å². The number of aryl methyl sites for hydroxylation is 1. The van der Waals surface area contributed by atoms with E-state index in [-0.39, 0.29) is 40.1 Å². The van der Waals surface area contributed by atoms with Gasteiger partial charge in [0.1, 0.15) is 18.5 Å². The minimum Gasteiger partial charge on any atom is -0.489 e. The van der Waals surface area contributed by atoms with E-state index >= 15 is 0 Å². The van der Waals surface area contributed by atoms with Gasteiger partial charge in [0.25, 0.3) is 5.78 Å². The highest BCUT2D eigenvalue weighted by atomic mass is 19.4. The predicted molar refractivity (Wildman–Crippen MR) is 104 cm³/mol. The van der Waals surface area contributed by atoms with Gasteiger partial charge in [-0.3, -0.25) is 14.1 Å². The third-order valence-corrected chi connectivity index (χ3v) is 6.47. The van der Waals surface area contributed by atoms with Crippen molar-refractivity contribution < 1.29 is 37.1 Å². The second-order valence-corrected chi connectivity index (χ2v) is 8.21. The van der Waals surface area contributed by atoms with Gasteiger partial charge in [0.2, 0.25) is 11.7 Å². The molecule has 1 fully saturated rings. The number of hydrogen-bond donors (Lipinski definition) is 1. The van der Waals surface area contributed by atoms with E-state index in [4.69, 9.17) is 9.84 Å². The Morgan fingerprint density at radius 2 is 1.97 bits per heavy atom. The summed E-state index contributed by atoms with van der Waals surface area (Å²) in [6.45, 7) is 1.91. The molecule has 1 saturated heterocycles. The van der Waals surface area contributed by atoms with Gasteiger partial charge < -0.3 is 14.7 Å². The number of likely N-dealkylation sites (N-methyl/N-ethyl adjacent to an activating group) is 1. The number of halogens is 3. The molecular formula is C21H27F3N3O4+. The Kier molecular flexibility index (Phi) is 6.43. The Morgan fingerprint density at radius 1 is 1.32 bits per heavy atom. The molecule has 3 rings (SSSR count). The first-order chi connectivity index (χ1) is 14.5. The lowest BCUT2D eigenvalue weighted by molar-refractivity contribution is -0.898. The zero-order valence-electron chi connectivity index (χ0n) is 17.8. The summed E-state index contributed by atoms with van der Waals surface area (Å²) < 4.78 is 44.4. The van der Waals surface area contributed by atoms with Crippen molar-refractivity contribution >= 4 is 11.7 Å². The van der Waals surface area contributed by atoms with E-state index in [2.05, 4.69) is 4.98 Å². The number of rotatable bonds is 5. The highest BCUT2D eigenvalue weighted by Crippen LogP contribution is 2.36. The summed E-state index contributed by atoms with van der Waals surface area (Å²) in [6, 6.07) is 1.79. The number of aliphatic hydroxyl groups excluding tert-OH is 1. The first-order valence-corrected chi connectivity index (χ1v) is 10.1. The number of piperidine rings is 1. The standard InChI is InChI=1S/C21H27F3N3O4/c1-13-14(4-5-18(25-13)21(22,23)24)10-16-20(30)17(31-3)11-27(16,2)15-6-8-26(9-7-15)19(29)12-28/h4-5,11,15-16,28H,6-10,12H2,1-3H3/q+1. The number of aliphatic hydroxyl groups is 1. The number of amides is 1. The average molecular weight is 442 g/mol. The third-order valence-electron chi connectivity index (χ3n) is 6.47. The second kappa shape index (κ2) is 8.58. The number of ketones is 1. The van der Waals surface area contributed by atoms with Gasteiger partial charge in [-0.2, -0.15) is 13.2 Å². The molecule has 0 aromatic carbocycles. The van der Waals surface area contributed by atoms with Gasteiger partial charge in [-0.05, 0) is 18.6 Å². The fraction of sp³-hybridized carbons (Fsp3) is 0.571. The molecule has 1 aromatic heterocycles. The molecule has 7 nitrogen and oxygen atoms in total. The van der Waals surface area contributed by atoms with Crippen LogP contribution in [0.5, 0.6) is 0 Å². The highest BCUT2D eigenvalue weighted by molar-refractivity contribution is 5.98. The molecule has 0 spiro atoms. The number of carbonyl (C=O) groups is 2.